The van der Waals surface area contributed by atoms with E-state index in [1.165, 1.54) is 0 Å². The first kappa shape index (κ1) is 15.0. The number of unbranched alkanes of at least 4 members (excludes halogenated alkanes) is 1. The lowest BCUT2D eigenvalue weighted by molar-refractivity contribution is 0.374. The van der Waals surface area contributed by atoms with Crippen LogP contribution in [0.4, 0.5) is 0 Å². The zero-order valence-corrected chi connectivity index (χ0v) is 13.5. The summed E-state index contributed by atoms with van der Waals surface area (Å²) in [6.07, 6.45) is 4.67. The molecule has 0 aliphatic carbocycles. The smallest absolute Gasteiger partial charge is 0.239 e. The van der Waals surface area contributed by atoms with Gasteiger partial charge in [0.15, 0.2) is 5.82 Å². The number of fused-ring (bicyclic) bond motifs is 1. The number of aryl methyl sites for hydroxylation is 1. The van der Waals surface area contributed by atoms with Crippen LogP contribution in [-0.4, -0.2) is 20.1 Å². The van der Waals surface area contributed by atoms with E-state index in [2.05, 4.69) is 34.0 Å². The molecular weight excluding hydrogens is 296 g/mol. The second kappa shape index (κ2) is 6.87. The van der Waals surface area contributed by atoms with Gasteiger partial charge in [0, 0.05) is 11.8 Å². The highest BCUT2D eigenvalue weighted by Gasteiger charge is 2.17. The number of aromatic nitrogens is 4. The molecule has 0 radical (unpaired) electrons. The third-order valence-corrected chi connectivity index (χ3v) is 4.48. The van der Waals surface area contributed by atoms with Crippen LogP contribution in [0.5, 0.6) is 0 Å². The highest BCUT2D eigenvalue weighted by Crippen LogP contribution is 2.35. The molecule has 114 valence electrons. The summed E-state index contributed by atoms with van der Waals surface area (Å²) >= 11 is 1.62. The van der Waals surface area contributed by atoms with Crippen molar-refractivity contribution in [1.82, 2.24) is 20.1 Å². The molecule has 1 aromatic carbocycles. The molecule has 0 aliphatic rings. The molecule has 0 fully saturated rings. The molecule has 0 bridgehead atoms. The number of thioether (sulfide) groups is 1. The normalized spacial score (nSPS) is 12.6. The first-order chi connectivity index (χ1) is 10.8. The summed E-state index contributed by atoms with van der Waals surface area (Å²) in [6, 6.07) is 7.99. The zero-order valence-electron chi connectivity index (χ0n) is 12.7. The maximum Gasteiger partial charge on any atom is 0.239 e. The van der Waals surface area contributed by atoms with Crippen molar-refractivity contribution in [2.24, 2.45) is 0 Å². The predicted molar refractivity (Wildman–Crippen MR) is 86.7 cm³/mol. The molecule has 22 heavy (non-hydrogen) atoms. The third kappa shape index (κ3) is 3.27. The average Bonchev–Trinajstić information content (AvgIpc) is 3.02. The fourth-order valence-electron chi connectivity index (χ4n) is 2.16. The summed E-state index contributed by atoms with van der Waals surface area (Å²) in [6.45, 7) is 4.21. The summed E-state index contributed by atoms with van der Waals surface area (Å²) in [5, 5.41) is 6.09. The Bertz CT molecular complexity index is 753. The van der Waals surface area contributed by atoms with Crippen LogP contribution in [0.15, 0.2) is 40.1 Å². The van der Waals surface area contributed by atoms with Gasteiger partial charge in [-0.2, -0.15) is 4.98 Å². The summed E-state index contributed by atoms with van der Waals surface area (Å²) < 4.78 is 5.38. The van der Waals surface area contributed by atoms with Crippen molar-refractivity contribution in [3.63, 3.8) is 0 Å². The van der Waals surface area contributed by atoms with E-state index in [-0.39, 0.29) is 5.25 Å². The van der Waals surface area contributed by atoms with Gasteiger partial charge in [-0.05, 0) is 19.4 Å². The summed E-state index contributed by atoms with van der Waals surface area (Å²) in [5.74, 6) is 1.44. The SMILES string of the molecule is CCCCc1noc(C(C)Sc2ncnc3ccccc23)n1. The number of para-hydroxylation sites is 1. The standard InChI is InChI=1S/C16H18N4OS/c1-3-4-9-14-19-15(21-20-14)11(2)22-16-12-7-5-6-8-13(12)17-10-18-16/h5-8,10-11H,3-4,9H2,1-2H3. The second-order valence-electron chi connectivity index (χ2n) is 5.11. The third-order valence-electron chi connectivity index (χ3n) is 3.38. The summed E-state index contributed by atoms with van der Waals surface area (Å²) in [4.78, 5) is 13.2. The van der Waals surface area contributed by atoms with Crippen molar-refractivity contribution in [1.29, 1.82) is 0 Å². The van der Waals surface area contributed by atoms with E-state index in [0.29, 0.717) is 5.89 Å². The van der Waals surface area contributed by atoms with Crippen LogP contribution in [0.3, 0.4) is 0 Å². The first-order valence-electron chi connectivity index (χ1n) is 7.46. The maximum atomic E-state index is 5.38. The minimum absolute atomic E-state index is 0.0567. The van der Waals surface area contributed by atoms with E-state index >= 15 is 0 Å². The molecule has 5 nitrogen and oxygen atoms in total. The van der Waals surface area contributed by atoms with Crippen LogP contribution in [-0.2, 0) is 6.42 Å². The summed E-state index contributed by atoms with van der Waals surface area (Å²) in [5.41, 5.74) is 0.946. The molecule has 0 spiro atoms. The van der Waals surface area contributed by atoms with E-state index in [1.807, 2.05) is 24.3 Å². The predicted octanol–water partition coefficient (Wildman–Crippen LogP) is 4.21. The van der Waals surface area contributed by atoms with Crippen molar-refractivity contribution in [3.05, 3.63) is 42.3 Å². The van der Waals surface area contributed by atoms with E-state index in [1.54, 1.807) is 18.1 Å². The Morgan fingerprint density at radius 3 is 2.95 bits per heavy atom. The van der Waals surface area contributed by atoms with Crippen molar-refractivity contribution in [3.8, 4) is 0 Å². The van der Waals surface area contributed by atoms with Crippen LogP contribution in [0.1, 0.15) is 43.7 Å². The molecule has 0 N–H and O–H groups in total. The average molecular weight is 314 g/mol. The van der Waals surface area contributed by atoms with E-state index in [0.717, 1.165) is 41.0 Å². The van der Waals surface area contributed by atoms with Crippen molar-refractivity contribution >= 4 is 22.7 Å². The van der Waals surface area contributed by atoms with Gasteiger partial charge in [-0.3, -0.25) is 0 Å². The minimum Gasteiger partial charge on any atom is -0.338 e. The highest BCUT2D eigenvalue weighted by molar-refractivity contribution is 7.99. The van der Waals surface area contributed by atoms with E-state index in [4.69, 9.17) is 4.52 Å². The van der Waals surface area contributed by atoms with Crippen LogP contribution in [0.25, 0.3) is 10.9 Å². The lowest BCUT2D eigenvalue weighted by Gasteiger charge is -2.07. The number of hydrogen-bond donors (Lipinski definition) is 0. The van der Waals surface area contributed by atoms with Crippen LogP contribution in [0.2, 0.25) is 0 Å². The summed E-state index contributed by atoms with van der Waals surface area (Å²) in [7, 11) is 0. The van der Waals surface area contributed by atoms with Gasteiger partial charge < -0.3 is 4.52 Å². The lowest BCUT2D eigenvalue weighted by Crippen LogP contribution is -1.93. The molecule has 0 aliphatic heterocycles. The number of benzene rings is 1. The Morgan fingerprint density at radius 1 is 1.23 bits per heavy atom. The van der Waals surface area contributed by atoms with Crippen LogP contribution >= 0.6 is 11.8 Å². The van der Waals surface area contributed by atoms with Crippen molar-refractivity contribution in [2.45, 2.75) is 43.4 Å². The molecule has 0 amide bonds. The molecule has 0 saturated heterocycles. The minimum atomic E-state index is 0.0567. The highest BCUT2D eigenvalue weighted by atomic mass is 32.2. The molecule has 6 heteroatoms. The fraction of sp³-hybridized carbons (Fsp3) is 0.375. The van der Waals surface area contributed by atoms with Gasteiger partial charge in [0.2, 0.25) is 5.89 Å². The number of hydrogen-bond acceptors (Lipinski definition) is 6. The second-order valence-corrected chi connectivity index (χ2v) is 6.44. The largest absolute Gasteiger partial charge is 0.338 e. The van der Waals surface area contributed by atoms with Crippen LogP contribution in [0, 0.1) is 0 Å². The molecule has 2 heterocycles. The van der Waals surface area contributed by atoms with Crippen LogP contribution < -0.4 is 0 Å². The molecular formula is C16H18N4OS. The first-order valence-corrected chi connectivity index (χ1v) is 8.34. The monoisotopic (exact) mass is 314 g/mol. The van der Waals surface area contributed by atoms with E-state index < -0.39 is 0 Å². The Labute approximate surface area is 133 Å². The van der Waals surface area contributed by atoms with Gasteiger partial charge in [-0.15, -0.1) is 0 Å². The fourth-order valence-corrected chi connectivity index (χ4v) is 3.10. The Hall–Kier alpha value is -1.95. The molecule has 3 rings (SSSR count). The molecule has 1 atom stereocenters. The number of nitrogens with zero attached hydrogens (tertiary/aromatic N) is 4. The quantitative estimate of drug-likeness (QED) is 0.501. The van der Waals surface area contributed by atoms with Gasteiger partial charge in [-0.25, -0.2) is 9.97 Å². The Kier molecular flexibility index (Phi) is 4.68. The molecule has 0 saturated carbocycles. The molecule has 2 aromatic heterocycles. The molecule has 3 aromatic rings. The van der Waals surface area contributed by atoms with Crippen molar-refractivity contribution in [2.75, 3.05) is 0 Å². The zero-order chi connectivity index (χ0) is 15.4. The van der Waals surface area contributed by atoms with Crippen molar-refractivity contribution < 1.29 is 4.52 Å². The van der Waals surface area contributed by atoms with Gasteiger partial charge >= 0.3 is 0 Å². The number of rotatable bonds is 6. The van der Waals surface area contributed by atoms with E-state index in [9.17, 15) is 0 Å². The Morgan fingerprint density at radius 2 is 2.09 bits per heavy atom. The lowest BCUT2D eigenvalue weighted by atomic mass is 10.2. The molecule has 1 unspecified atom stereocenters. The van der Waals surface area contributed by atoms with Gasteiger partial charge in [0.05, 0.1) is 10.8 Å². The topological polar surface area (TPSA) is 64.7 Å². The van der Waals surface area contributed by atoms with Gasteiger partial charge in [0.1, 0.15) is 11.4 Å². The van der Waals surface area contributed by atoms with Gasteiger partial charge in [0.25, 0.3) is 0 Å². The maximum absolute atomic E-state index is 5.38. The van der Waals surface area contributed by atoms with Gasteiger partial charge in [-0.1, -0.05) is 48.5 Å². The Balaban J connectivity index is 1.78.